The standard InChI is InChI=1S/C15H18N2O3/c1-5-17-10(3)14(9(2)16-17)12-7-6-11(20-4)8-13(12)15(18)19/h6-8H,5H2,1-4H3,(H,18,19). The van der Waals surface area contributed by atoms with E-state index in [1.807, 2.05) is 25.5 Å². The minimum Gasteiger partial charge on any atom is -0.497 e. The first-order chi connectivity index (χ1) is 9.49. The highest BCUT2D eigenvalue weighted by Crippen LogP contribution is 2.32. The number of nitrogens with zero attached hydrogens (tertiary/aromatic N) is 2. The molecule has 0 fully saturated rings. The molecule has 0 spiro atoms. The molecule has 20 heavy (non-hydrogen) atoms. The van der Waals surface area contributed by atoms with Crippen molar-refractivity contribution in [2.75, 3.05) is 7.11 Å². The molecule has 0 amide bonds. The van der Waals surface area contributed by atoms with E-state index in [-0.39, 0.29) is 5.56 Å². The zero-order chi connectivity index (χ0) is 14.9. The molecule has 0 unspecified atom stereocenters. The summed E-state index contributed by atoms with van der Waals surface area (Å²) in [6.45, 7) is 6.61. The molecule has 2 aromatic rings. The second-order valence-electron chi connectivity index (χ2n) is 4.58. The van der Waals surface area contributed by atoms with Gasteiger partial charge in [-0.05, 0) is 39.0 Å². The Morgan fingerprint density at radius 3 is 2.60 bits per heavy atom. The quantitative estimate of drug-likeness (QED) is 0.931. The van der Waals surface area contributed by atoms with E-state index in [0.29, 0.717) is 11.3 Å². The van der Waals surface area contributed by atoms with Crippen LogP contribution in [0.5, 0.6) is 5.75 Å². The molecule has 1 aromatic heterocycles. The van der Waals surface area contributed by atoms with Crippen molar-refractivity contribution >= 4 is 5.97 Å². The number of rotatable bonds is 4. The van der Waals surface area contributed by atoms with E-state index in [0.717, 1.165) is 23.5 Å². The Morgan fingerprint density at radius 2 is 2.10 bits per heavy atom. The van der Waals surface area contributed by atoms with E-state index in [2.05, 4.69) is 5.10 Å². The normalized spacial score (nSPS) is 10.6. The van der Waals surface area contributed by atoms with Gasteiger partial charge in [0.05, 0.1) is 18.4 Å². The largest absolute Gasteiger partial charge is 0.497 e. The fraction of sp³-hybridized carbons (Fsp3) is 0.333. The number of aromatic nitrogens is 2. The molecule has 5 heteroatoms. The predicted octanol–water partition coefficient (Wildman–Crippen LogP) is 2.89. The second kappa shape index (κ2) is 5.36. The van der Waals surface area contributed by atoms with Crippen molar-refractivity contribution in [2.24, 2.45) is 0 Å². The number of carboxylic acids is 1. The van der Waals surface area contributed by atoms with E-state index in [1.165, 1.54) is 7.11 Å². The summed E-state index contributed by atoms with van der Waals surface area (Å²) in [4.78, 5) is 11.5. The number of aromatic carboxylic acids is 1. The molecule has 0 bridgehead atoms. The molecule has 0 aliphatic rings. The summed E-state index contributed by atoms with van der Waals surface area (Å²) in [5.74, 6) is -0.439. The molecule has 2 rings (SSSR count). The van der Waals surface area contributed by atoms with Gasteiger partial charge >= 0.3 is 5.97 Å². The van der Waals surface area contributed by atoms with Crippen molar-refractivity contribution in [3.05, 3.63) is 35.2 Å². The predicted molar refractivity (Wildman–Crippen MR) is 76.3 cm³/mol. The molecular weight excluding hydrogens is 256 g/mol. The third kappa shape index (κ3) is 2.27. The Morgan fingerprint density at radius 1 is 1.40 bits per heavy atom. The van der Waals surface area contributed by atoms with Gasteiger partial charge in [-0.25, -0.2) is 4.79 Å². The van der Waals surface area contributed by atoms with Crippen LogP contribution in [0.2, 0.25) is 0 Å². The van der Waals surface area contributed by atoms with Crippen molar-refractivity contribution in [3.63, 3.8) is 0 Å². The Kier molecular flexibility index (Phi) is 3.79. The first-order valence-electron chi connectivity index (χ1n) is 6.45. The maximum Gasteiger partial charge on any atom is 0.336 e. The molecule has 1 aromatic carbocycles. The Hall–Kier alpha value is -2.30. The lowest BCUT2D eigenvalue weighted by molar-refractivity contribution is 0.0697. The number of carboxylic acid groups (broad SMARTS) is 1. The molecule has 0 aliphatic carbocycles. The lowest BCUT2D eigenvalue weighted by Gasteiger charge is -2.09. The van der Waals surface area contributed by atoms with Crippen LogP contribution < -0.4 is 4.74 Å². The number of ether oxygens (including phenoxy) is 1. The molecule has 106 valence electrons. The molecule has 5 nitrogen and oxygen atoms in total. The van der Waals surface area contributed by atoms with Crippen molar-refractivity contribution in [3.8, 4) is 16.9 Å². The van der Waals surface area contributed by atoms with E-state index in [9.17, 15) is 9.90 Å². The molecule has 0 atom stereocenters. The van der Waals surface area contributed by atoms with Crippen LogP contribution in [-0.2, 0) is 6.54 Å². The van der Waals surface area contributed by atoms with Gasteiger partial charge in [-0.15, -0.1) is 0 Å². The van der Waals surface area contributed by atoms with E-state index in [4.69, 9.17) is 4.74 Å². The van der Waals surface area contributed by atoms with Gasteiger partial charge in [0.2, 0.25) is 0 Å². The van der Waals surface area contributed by atoms with E-state index in [1.54, 1.807) is 18.2 Å². The van der Waals surface area contributed by atoms with Crippen molar-refractivity contribution in [1.29, 1.82) is 0 Å². The Balaban J connectivity index is 2.69. The fourth-order valence-electron chi connectivity index (χ4n) is 2.44. The first kappa shape index (κ1) is 14.1. The second-order valence-corrected chi connectivity index (χ2v) is 4.58. The summed E-state index contributed by atoms with van der Waals surface area (Å²) in [5.41, 5.74) is 3.58. The topological polar surface area (TPSA) is 64.4 Å². The number of carbonyl (C=O) groups is 1. The van der Waals surface area contributed by atoms with Crippen molar-refractivity contribution < 1.29 is 14.6 Å². The van der Waals surface area contributed by atoms with Gasteiger partial charge in [0.25, 0.3) is 0 Å². The van der Waals surface area contributed by atoms with Crippen LogP contribution >= 0.6 is 0 Å². The lowest BCUT2D eigenvalue weighted by atomic mass is 9.98. The minimum absolute atomic E-state index is 0.228. The molecule has 0 aliphatic heterocycles. The zero-order valence-electron chi connectivity index (χ0n) is 12.1. The smallest absolute Gasteiger partial charge is 0.336 e. The number of methoxy groups -OCH3 is 1. The molecule has 0 radical (unpaired) electrons. The summed E-state index contributed by atoms with van der Waals surface area (Å²) in [7, 11) is 1.52. The van der Waals surface area contributed by atoms with Gasteiger partial charge in [0.1, 0.15) is 5.75 Å². The highest BCUT2D eigenvalue weighted by Gasteiger charge is 2.19. The molecule has 0 saturated heterocycles. The number of aryl methyl sites for hydroxylation is 2. The van der Waals surface area contributed by atoms with E-state index < -0.39 is 5.97 Å². The van der Waals surface area contributed by atoms with Gasteiger partial charge in [-0.2, -0.15) is 5.10 Å². The number of hydrogen-bond donors (Lipinski definition) is 1. The van der Waals surface area contributed by atoms with Crippen LogP contribution in [0.15, 0.2) is 18.2 Å². The zero-order valence-corrected chi connectivity index (χ0v) is 12.1. The van der Waals surface area contributed by atoms with Crippen LogP contribution in [0.4, 0.5) is 0 Å². The summed E-state index contributed by atoms with van der Waals surface area (Å²) < 4.78 is 6.97. The maximum atomic E-state index is 11.5. The Bertz CT molecular complexity index is 659. The molecule has 0 saturated carbocycles. The molecule has 1 heterocycles. The average molecular weight is 274 g/mol. The highest BCUT2D eigenvalue weighted by atomic mass is 16.5. The maximum absolute atomic E-state index is 11.5. The molecule has 1 N–H and O–H groups in total. The third-order valence-corrected chi connectivity index (χ3v) is 3.41. The lowest BCUT2D eigenvalue weighted by Crippen LogP contribution is -2.02. The summed E-state index contributed by atoms with van der Waals surface area (Å²) in [6, 6.07) is 5.09. The van der Waals surface area contributed by atoms with Gasteiger partial charge in [-0.1, -0.05) is 0 Å². The van der Waals surface area contributed by atoms with Gasteiger partial charge < -0.3 is 9.84 Å². The van der Waals surface area contributed by atoms with Crippen molar-refractivity contribution in [2.45, 2.75) is 27.3 Å². The van der Waals surface area contributed by atoms with E-state index >= 15 is 0 Å². The third-order valence-electron chi connectivity index (χ3n) is 3.41. The first-order valence-corrected chi connectivity index (χ1v) is 6.45. The highest BCUT2D eigenvalue weighted by molar-refractivity contribution is 5.97. The fourth-order valence-corrected chi connectivity index (χ4v) is 2.44. The van der Waals surface area contributed by atoms with Crippen LogP contribution in [0.25, 0.3) is 11.1 Å². The average Bonchev–Trinajstić information content (AvgIpc) is 2.72. The number of benzene rings is 1. The SMILES string of the molecule is CCn1nc(C)c(-c2ccc(OC)cc2C(=O)O)c1C. The van der Waals surface area contributed by atoms with Gasteiger partial charge in [0, 0.05) is 23.4 Å². The molecular formula is C15H18N2O3. The van der Waals surface area contributed by atoms with Crippen LogP contribution in [-0.4, -0.2) is 28.0 Å². The monoisotopic (exact) mass is 274 g/mol. The Labute approximate surface area is 117 Å². The number of hydrogen-bond acceptors (Lipinski definition) is 3. The summed E-state index contributed by atoms with van der Waals surface area (Å²) in [5, 5.41) is 13.9. The van der Waals surface area contributed by atoms with Crippen molar-refractivity contribution in [1.82, 2.24) is 9.78 Å². The van der Waals surface area contributed by atoms with Gasteiger partial charge in [0.15, 0.2) is 0 Å². The van der Waals surface area contributed by atoms with Crippen LogP contribution in [0.3, 0.4) is 0 Å². The minimum atomic E-state index is -0.970. The summed E-state index contributed by atoms with van der Waals surface area (Å²) in [6.07, 6.45) is 0. The van der Waals surface area contributed by atoms with Crippen LogP contribution in [0, 0.1) is 13.8 Å². The van der Waals surface area contributed by atoms with Crippen LogP contribution in [0.1, 0.15) is 28.7 Å². The van der Waals surface area contributed by atoms with Gasteiger partial charge in [-0.3, -0.25) is 4.68 Å². The summed E-state index contributed by atoms with van der Waals surface area (Å²) >= 11 is 0.